The Morgan fingerprint density at radius 1 is 1.30 bits per heavy atom. The van der Waals surface area contributed by atoms with E-state index in [1.54, 1.807) is 31.5 Å². The summed E-state index contributed by atoms with van der Waals surface area (Å²) < 4.78 is 6.64. The predicted molar refractivity (Wildman–Crippen MR) is 98.9 cm³/mol. The molecule has 0 unspecified atom stereocenters. The fraction of sp³-hybridized carbons (Fsp3) is 0.278. The minimum Gasteiger partial charge on any atom is -0.361 e. The van der Waals surface area contributed by atoms with E-state index in [4.69, 9.17) is 16.1 Å². The Bertz CT molecular complexity index is 1070. The first-order chi connectivity index (χ1) is 12.9. The largest absolute Gasteiger partial charge is 0.361 e. The first-order valence-electron chi connectivity index (χ1n) is 8.37. The van der Waals surface area contributed by atoms with Gasteiger partial charge in [0.15, 0.2) is 5.78 Å². The van der Waals surface area contributed by atoms with Crippen LogP contribution in [0.3, 0.4) is 0 Å². The minimum atomic E-state index is -0.264. The summed E-state index contributed by atoms with van der Waals surface area (Å²) >= 11 is 5.84. The van der Waals surface area contributed by atoms with E-state index in [0.717, 1.165) is 11.1 Å². The molecule has 1 fully saturated rings. The van der Waals surface area contributed by atoms with Crippen molar-refractivity contribution in [3.05, 3.63) is 57.4 Å². The molecule has 0 bridgehead atoms. The van der Waals surface area contributed by atoms with E-state index in [-0.39, 0.29) is 23.9 Å². The lowest BCUT2D eigenvalue weighted by atomic mass is 10.0. The van der Waals surface area contributed by atoms with Crippen LogP contribution < -0.4 is 10.5 Å². The zero-order chi connectivity index (χ0) is 19.1. The van der Waals surface area contributed by atoms with Crippen molar-refractivity contribution in [1.82, 2.24) is 19.9 Å². The molecular formula is C18H16ClN5O3. The third kappa shape index (κ3) is 3.12. The highest BCUT2D eigenvalue weighted by Gasteiger charge is 2.33. The Balaban J connectivity index is 1.63. The number of aromatic nitrogens is 4. The smallest absolute Gasteiger partial charge is 0.269 e. The van der Waals surface area contributed by atoms with E-state index < -0.39 is 0 Å². The quantitative estimate of drug-likeness (QED) is 0.634. The lowest BCUT2D eigenvalue weighted by molar-refractivity contribution is -0.122. The minimum absolute atomic E-state index is 0.153. The summed E-state index contributed by atoms with van der Waals surface area (Å²) in [5.74, 6) is 0.750. The van der Waals surface area contributed by atoms with Gasteiger partial charge in [-0.1, -0.05) is 16.8 Å². The molecule has 0 radical (unpaired) electrons. The SMILES string of the molecule is Cc1onc(-c2ccc(Cl)nc2)c1Cn1ncc(N2CC(=O)[C@H]2C)cc1=O. The van der Waals surface area contributed by atoms with Crippen LogP contribution in [0.2, 0.25) is 5.15 Å². The number of rotatable bonds is 4. The van der Waals surface area contributed by atoms with Gasteiger partial charge in [0.1, 0.15) is 16.6 Å². The number of anilines is 1. The molecule has 8 nitrogen and oxygen atoms in total. The molecule has 138 valence electrons. The molecule has 4 heterocycles. The number of halogens is 1. The number of carbonyl (C=O) groups excluding carboxylic acids is 1. The highest BCUT2D eigenvalue weighted by molar-refractivity contribution is 6.29. The molecular weight excluding hydrogens is 370 g/mol. The van der Waals surface area contributed by atoms with Crippen molar-refractivity contribution in [1.29, 1.82) is 0 Å². The first-order valence-corrected chi connectivity index (χ1v) is 8.75. The Labute approximate surface area is 159 Å². The zero-order valence-corrected chi connectivity index (χ0v) is 15.5. The normalized spacial score (nSPS) is 16.5. The zero-order valence-electron chi connectivity index (χ0n) is 14.7. The molecule has 0 saturated carbocycles. The van der Waals surface area contributed by atoms with Gasteiger partial charge in [-0.3, -0.25) is 9.59 Å². The summed E-state index contributed by atoms with van der Waals surface area (Å²) in [6, 6.07) is 4.73. The molecule has 1 aliphatic rings. The van der Waals surface area contributed by atoms with Crippen molar-refractivity contribution in [2.45, 2.75) is 26.4 Å². The van der Waals surface area contributed by atoms with Gasteiger partial charge in [-0.05, 0) is 26.0 Å². The van der Waals surface area contributed by atoms with Crippen LogP contribution >= 0.6 is 11.6 Å². The molecule has 4 rings (SSSR count). The van der Waals surface area contributed by atoms with Gasteiger partial charge in [0.2, 0.25) is 0 Å². The molecule has 1 aliphatic heterocycles. The number of hydrogen-bond acceptors (Lipinski definition) is 7. The van der Waals surface area contributed by atoms with Gasteiger partial charge in [-0.25, -0.2) is 9.67 Å². The van der Waals surface area contributed by atoms with Crippen LogP contribution in [-0.4, -0.2) is 38.3 Å². The Morgan fingerprint density at radius 2 is 2.11 bits per heavy atom. The summed E-state index contributed by atoms with van der Waals surface area (Å²) in [4.78, 5) is 29.8. The molecule has 9 heteroatoms. The Kier molecular flexibility index (Phi) is 4.27. The number of Topliss-reactive ketones (excluding diaryl/α,β-unsaturated/α-hetero) is 1. The fourth-order valence-corrected chi connectivity index (χ4v) is 3.09. The summed E-state index contributed by atoms with van der Waals surface area (Å²) in [7, 11) is 0. The van der Waals surface area contributed by atoms with E-state index in [2.05, 4.69) is 15.2 Å². The van der Waals surface area contributed by atoms with Gasteiger partial charge in [0.25, 0.3) is 5.56 Å². The highest BCUT2D eigenvalue weighted by Crippen LogP contribution is 2.26. The molecule has 0 aromatic carbocycles. The van der Waals surface area contributed by atoms with E-state index >= 15 is 0 Å². The maximum atomic E-state index is 12.5. The maximum absolute atomic E-state index is 12.5. The van der Waals surface area contributed by atoms with Crippen LogP contribution in [0.1, 0.15) is 18.2 Å². The molecule has 3 aromatic rings. The Hall–Kier alpha value is -3.00. The van der Waals surface area contributed by atoms with Crippen LogP contribution in [0.25, 0.3) is 11.3 Å². The number of carbonyl (C=O) groups is 1. The van der Waals surface area contributed by atoms with Crippen LogP contribution in [0, 0.1) is 6.92 Å². The average Bonchev–Trinajstić information content (AvgIpc) is 3.02. The second kappa shape index (κ2) is 6.62. The third-order valence-electron chi connectivity index (χ3n) is 4.74. The van der Waals surface area contributed by atoms with Crippen molar-refractivity contribution in [2.75, 3.05) is 11.4 Å². The van der Waals surface area contributed by atoms with Crippen molar-refractivity contribution < 1.29 is 9.32 Å². The number of hydrogen-bond donors (Lipinski definition) is 0. The summed E-state index contributed by atoms with van der Waals surface area (Å²) in [6.45, 7) is 4.11. The number of pyridine rings is 1. The molecule has 0 spiro atoms. The summed E-state index contributed by atoms with van der Waals surface area (Å²) in [6.07, 6.45) is 3.20. The second-order valence-electron chi connectivity index (χ2n) is 6.42. The van der Waals surface area contributed by atoms with E-state index in [1.807, 2.05) is 11.8 Å². The number of nitrogens with zero attached hydrogens (tertiary/aromatic N) is 5. The van der Waals surface area contributed by atoms with Gasteiger partial charge < -0.3 is 9.42 Å². The van der Waals surface area contributed by atoms with Crippen molar-refractivity contribution in [3.8, 4) is 11.3 Å². The van der Waals surface area contributed by atoms with Crippen LogP contribution in [0.5, 0.6) is 0 Å². The molecule has 27 heavy (non-hydrogen) atoms. The third-order valence-corrected chi connectivity index (χ3v) is 4.96. The molecule has 1 atom stereocenters. The lowest BCUT2D eigenvalue weighted by Crippen LogP contribution is -2.55. The first kappa shape index (κ1) is 17.4. The van der Waals surface area contributed by atoms with E-state index in [0.29, 0.717) is 28.8 Å². The molecule has 3 aromatic heterocycles. The van der Waals surface area contributed by atoms with Gasteiger partial charge in [-0.2, -0.15) is 5.10 Å². The predicted octanol–water partition coefficient (Wildman–Crippen LogP) is 2.08. The van der Waals surface area contributed by atoms with Gasteiger partial charge >= 0.3 is 0 Å². The van der Waals surface area contributed by atoms with Crippen molar-refractivity contribution in [2.24, 2.45) is 0 Å². The number of ketones is 1. The maximum Gasteiger partial charge on any atom is 0.269 e. The van der Waals surface area contributed by atoms with Gasteiger partial charge in [0.05, 0.1) is 31.0 Å². The van der Waals surface area contributed by atoms with E-state index in [1.165, 1.54) is 10.7 Å². The summed E-state index contributed by atoms with van der Waals surface area (Å²) in [5.41, 5.74) is 2.46. The van der Waals surface area contributed by atoms with Crippen LogP contribution in [0.4, 0.5) is 5.69 Å². The molecule has 1 saturated heterocycles. The monoisotopic (exact) mass is 385 g/mol. The van der Waals surface area contributed by atoms with Gasteiger partial charge in [-0.15, -0.1) is 0 Å². The summed E-state index contributed by atoms with van der Waals surface area (Å²) in [5, 5.41) is 8.71. The van der Waals surface area contributed by atoms with Crippen molar-refractivity contribution in [3.63, 3.8) is 0 Å². The second-order valence-corrected chi connectivity index (χ2v) is 6.80. The van der Waals surface area contributed by atoms with Gasteiger partial charge in [0, 0.05) is 23.4 Å². The van der Waals surface area contributed by atoms with Crippen molar-refractivity contribution >= 4 is 23.1 Å². The number of aryl methyl sites for hydroxylation is 1. The Morgan fingerprint density at radius 3 is 2.74 bits per heavy atom. The topological polar surface area (TPSA) is 94.1 Å². The van der Waals surface area contributed by atoms with Crippen LogP contribution in [0.15, 0.2) is 39.9 Å². The molecule has 0 aliphatic carbocycles. The highest BCUT2D eigenvalue weighted by atomic mass is 35.5. The average molecular weight is 386 g/mol. The fourth-order valence-electron chi connectivity index (χ4n) is 2.98. The molecule has 0 amide bonds. The van der Waals surface area contributed by atoms with E-state index in [9.17, 15) is 9.59 Å². The standard InChI is InChI=1S/C18H16ClN5O3/c1-10-15(25)9-23(10)13-5-17(26)24(21-7-13)8-14-11(2)27-22-18(14)12-3-4-16(19)20-6-12/h3-7,10H,8-9H2,1-2H3/t10-/m1/s1. The molecule has 0 N–H and O–H groups in total. The van der Waals surface area contributed by atoms with Crippen LogP contribution in [-0.2, 0) is 11.3 Å². The lowest BCUT2D eigenvalue weighted by Gasteiger charge is -2.38.